The summed E-state index contributed by atoms with van der Waals surface area (Å²) in [5, 5.41) is 0. The zero-order valence-electron chi connectivity index (χ0n) is 6.22. The molecule has 1 fully saturated rings. The van der Waals surface area contributed by atoms with Crippen molar-refractivity contribution in [1.82, 2.24) is 0 Å². The Morgan fingerprint density at radius 1 is 1.33 bits per heavy atom. The molecule has 0 spiro atoms. The summed E-state index contributed by atoms with van der Waals surface area (Å²) in [5.74, 6) is 2.89. The van der Waals surface area contributed by atoms with Crippen LogP contribution in [-0.2, 0) is 0 Å². The van der Waals surface area contributed by atoms with Gasteiger partial charge in [0, 0.05) is 0 Å². The van der Waals surface area contributed by atoms with E-state index in [-0.39, 0.29) is 0 Å². The van der Waals surface area contributed by atoms with Gasteiger partial charge >= 0.3 is 0 Å². The lowest BCUT2D eigenvalue weighted by molar-refractivity contribution is 0.344. The normalized spacial score (nSPS) is 47.8. The Balaban J connectivity index is 2.26. The van der Waals surface area contributed by atoms with Gasteiger partial charge in [-0.05, 0) is 30.6 Å². The third-order valence-corrected chi connectivity index (χ3v) is 2.99. The van der Waals surface area contributed by atoms with Crippen LogP contribution in [0.2, 0.25) is 0 Å². The van der Waals surface area contributed by atoms with Crippen LogP contribution in [-0.4, -0.2) is 0 Å². The Kier molecular flexibility index (Phi) is 0.992. The van der Waals surface area contributed by atoms with E-state index in [2.05, 4.69) is 19.9 Å². The number of allylic oxidation sites excluding steroid dienone is 2. The molecule has 0 aromatic carbocycles. The molecule has 2 aliphatic rings. The lowest BCUT2D eigenvalue weighted by Crippen LogP contribution is -2.11. The molecule has 2 rings (SSSR count). The molecule has 1 saturated carbocycles. The minimum atomic E-state index is 0.892. The molecule has 0 amide bonds. The van der Waals surface area contributed by atoms with E-state index in [0.29, 0.717) is 0 Å². The quantitative estimate of drug-likeness (QED) is 0.433. The van der Waals surface area contributed by atoms with Crippen molar-refractivity contribution >= 4 is 0 Å². The largest absolute Gasteiger partial charge is 0.0822 e. The van der Waals surface area contributed by atoms with Gasteiger partial charge in [-0.3, -0.25) is 0 Å². The first-order valence-corrected chi connectivity index (χ1v) is 3.97. The molecule has 9 heavy (non-hydrogen) atoms. The molecule has 50 valence electrons. The summed E-state index contributed by atoms with van der Waals surface area (Å²) < 4.78 is 0. The average molecular weight is 122 g/mol. The third kappa shape index (κ3) is 0.654. The number of hydrogen-bond acceptors (Lipinski definition) is 0. The zero-order chi connectivity index (χ0) is 6.43. The lowest BCUT2D eigenvalue weighted by atomic mass is 9.86. The van der Waals surface area contributed by atoms with Gasteiger partial charge in [-0.15, -0.1) is 0 Å². The minimum absolute atomic E-state index is 0.892. The van der Waals surface area contributed by atoms with Gasteiger partial charge in [0.15, 0.2) is 0 Å². The number of fused-ring (bicyclic) bond motifs is 2. The number of hydrogen-bond donors (Lipinski definition) is 0. The van der Waals surface area contributed by atoms with Crippen molar-refractivity contribution < 1.29 is 0 Å². The second-order valence-electron chi connectivity index (χ2n) is 3.73. The van der Waals surface area contributed by atoms with Gasteiger partial charge in [-0.25, -0.2) is 0 Å². The van der Waals surface area contributed by atoms with Crippen molar-refractivity contribution in [2.45, 2.75) is 26.7 Å². The van der Waals surface area contributed by atoms with Crippen LogP contribution in [0.5, 0.6) is 0 Å². The average Bonchev–Trinajstić information content (AvgIpc) is 2.22. The first-order valence-electron chi connectivity index (χ1n) is 3.97. The molecule has 0 aromatic heterocycles. The van der Waals surface area contributed by atoms with Crippen LogP contribution in [0.3, 0.4) is 0 Å². The summed E-state index contributed by atoms with van der Waals surface area (Å²) in [6, 6.07) is 0. The van der Waals surface area contributed by atoms with E-state index in [4.69, 9.17) is 0 Å². The lowest BCUT2D eigenvalue weighted by Gasteiger charge is -2.19. The summed E-state index contributed by atoms with van der Waals surface area (Å²) in [5.41, 5.74) is 1.74. The minimum Gasteiger partial charge on any atom is -0.0822 e. The highest BCUT2D eigenvalue weighted by Gasteiger charge is 2.35. The topological polar surface area (TPSA) is 0 Å². The van der Waals surface area contributed by atoms with Crippen LogP contribution >= 0.6 is 0 Å². The predicted octanol–water partition coefficient (Wildman–Crippen LogP) is 2.61. The highest BCUT2D eigenvalue weighted by atomic mass is 14.4. The van der Waals surface area contributed by atoms with Crippen molar-refractivity contribution in [1.29, 1.82) is 0 Å². The Bertz CT molecular complexity index is 155. The summed E-state index contributed by atoms with van der Waals surface area (Å²) in [6.45, 7) is 4.74. The van der Waals surface area contributed by atoms with Gasteiger partial charge in [0.05, 0.1) is 0 Å². The molecular formula is C9H14. The fourth-order valence-corrected chi connectivity index (χ4v) is 2.49. The van der Waals surface area contributed by atoms with Gasteiger partial charge in [0.1, 0.15) is 0 Å². The van der Waals surface area contributed by atoms with Crippen LogP contribution in [0.25, 0.3) is 0 Å². The molecule has 2 aliphatic carbocycles. The molecule has 0 aromatic rings. The molecular weight excluding hydrogens is 108 g/mol. The highest BCUT2D eigenvalue weighted by Crippen LogP contribution is 2.46. The Hall–Kier alpha value is -0.260. The van der Waals surface area contributed by atoms with Crippen LogP contribution in [0.15, 0.2) is 11.6 Å². The van der Waals surface area contributed by atoms with E-state index in [9.17, 15) is 0 Å². The van der Waals surface area contributed by atoms with Gasteiger partial charge in [0.25, 0.3) is 0 Å². The molecule has 0 heteroatoms. The van der Waals surface area contributed by atoms with Crippen LogP contribution < -0.4 is 0 Å². The van der Waals surface area contributed by atoms with Crippen molar-refractivity contribution in [3.63, 3.8) is 0 Å². The van der Waals surface area contributed by atoms with Crippen molar-refractivity contribution in [2.24, 2.45) is 17.8 Å². The molecule has 0 aliphatic heterocycles. The molecule has 2 bridgehead atoms. The smallest absolute Gasteiger partial charge is 0.0225 e. The summed E-state index contributed by atoms with van der Waals surface area (Å²) in [7, 11) is 0. The predicted molar refractivity (Wildman–Crippen MR) is 39.1 cm³/mol. The van der Waals surface area contributed by atoms with Gasteiger partial charge in [-0.2, -0.15) is 0 Å². The van der Waals surface area contributed by atoms with E-state index in [0.717, 1.165) is 17.8 Å². The summed E-state index contributed by atoms with van der Waals surface area (Å²) >= 11 is 0. The third-order valence-electron chi connectivity index (χ3n) is 2.99. The Morgan fingerprint density at radius 2 is 2.11 bits per heavy atom. The second kappa shape index (κ2) is 1.62. The zero-order valence-corrected chi connectivity index (χ0v) is 6.22. The second-order valence-corrected chi connectivity index (χ2v) is 3.73. The van der Waals surface area contributed by atoms with E-state index in [1.807, 2.05) is 0 Å². The molecule has 3 atom stereocenters. The van der Waals surface area contributed by atoms with Crippen molar-refractivity contribution in [2.75, 3.05) is 0 Å². The Labute approximate surface area is 57.0 Å². The Morgan fingerprint density at radius 3 is 2.44 bits per heavy atom. The first kappa shape index (κ1) is 5.52. The molecule has 0 N–H and O–H groups in total. The summed E-state index contributed by atoms with van der Waals surface area (Å²) in [6.07, 6.45) is 5.29. The monoisotopic (exact) mass is 122 g/mol. The van der Waals surface area contributed by atoms with Crippen molar-refractivity contribution in [3.05, 3.63) is 11.6 Å². The van der Waals surface area contributed by atoms with Crippen molar-refractivity contribution in [3.8, 4) is 0 Å². The first-order chi connectivity index (χ1) is 4.27. The molecule has 3 unspecified atom stereocenters. The maximum atomic E-state index is 2.48. The maximum absolute atomic E-state index is 2.48. The van der Waals surface area contributed by atoms with E-state index < -0.39 is 0 Å². The SMILES string of the molecule is CC1C=C2CC(C)C1C2. The van der Waals surface area contributed by atoms with E-state index in [1.165, 1.54) is 12.8 Å². The molecule has 0 heterocycles. The standard InChI is InChI=1S/C9H14/c1-6-3-8-4-7(2)9(6)5-8/h3,6-7,9H,4-5H2,1-2H3. The maximum Gasteiger partial charge on any atom is -0.0225 e. The summed E-state index contributed by atoms with van der Waals surface area (Å²) in [4.78, 5) is 0. The fourth-order valence-electron chi connectivity index (χ4n) is 2.49. The van der Waals surface area contributed by atoms with E-state index in [1.54, 1.807) is 5.57 Å². The van der Waals surface area contributed by atoms with Crippen LogP contribution in [0, 0.1) is 17.8 Å². The fraction of sp³-hybridized carbons (Fsp3) is 0.778. The molecule has 0 nitrogen and oxygen atoms in total. The van der Waals surface area contributed by atoms with Gasteiger partial charge < -0.3 is 0 Å². The van der Waals surface area contributed by atoms with Gasteiger partial charge in [-0.1, -0.05) is 25.5 Å². The van der Waals surface area contributed by atoms with Crippen LogP contribution in [0.4, 0.5) is 0 Å². The van der Waals surface area contributed by atoms with E-state index >= 15 is 0 Å². The number of rotatable bonds is 0. The van der Waals surface area contributed by atoms with Gasteiger partial charge in [0.2, 0.25) is 0 Å². The molecule has 0 radical (unpaired) electrons. The molecule has 0 saturated heterocycles. The van der Waals surface area contributed by atoms with Crippen LogP contribution in [0.1, 0.15) is 26.7 Å². The highest BCUT2D eigenvalue weighted by molar-refractivity contribution is 5.20.